The van der Waals surface area contributed by atoms with Crippen molar-refractivity contribution in [3.8, 4) is 17.2 Å². The maximum absolute atomic E-state index is 12.6. The number of nitrogens with two attached hydrogens (primary N) is 2. The molecular formula is C19H19N5OS. The van der Waals surface area contributed by atoms with E-state index in [1.807, 2.05) is 44.2 Å². The number of thiophene rings is 1. The molecule has 6 nitrogen and oxygen atoms in total. The van der Waals surface area contributed by atoms with Gasteiger partial charge in [0, 0.05) is 17.0 Å². The minimum Gasteiger partial charge on any atom is -0.397 e. The molecule has 0 saturated carbocycles. The number of aromatic nitrogens is 1. The van der Waals surface area contributed by atoms with E-state index in [0.717, 1.165) is 12.0 Å². The average Bonchev–Trinajstić information content (AvgIpc) is 2.97. The van der Waals surface area contributed by atoms with Gasteiger partial charge in [0.15, 0.2) is 0 Å². The zero-order valence-corrected chi connectivity index (χ0v) is 15.4. The van der Waals surface area contributed by atoms with Gasteiger partial charge in [0.1, 0.15) is 27.2 Å². The van der Waals surface area contributed by atoms with Crippen LogP contribution in [0, 0.1) is 11.3 Å². The van der Waals surface area contributed by atoms with E-state index < -0.39 is 0 Å². The number of rotatable bonds is 4. The standard InChI is InChI=1S/C19H19N5OS/c1-3-10(2)23-18(25)16-15(21)14-13(11-7-5-4-6-8-11)12(9-20)17(22)24-19(14)26-16/h4-8,10H,3,21H2,1-2H3,(H2,22,24)(H,23,25). The lowest BCUT2D eigenvalue weighted by Crippen LogP contribution is -2.31. The number of benzene rings is 1. The number of fused-ring (bicyclic) bond motifs is 1. The van der Waals surface area contributed by atoms with Crippen LogP contribution < -0.4 is 16.8 Å². The van der Waals surface area contributed by atoms with Crippen LogP contribution in [0.1, 0.15) is 35.5 Å². The smallest absolute Gasteiger partial charge is 0.263 e. The molecule has 132 valence electrons. The molecule has 0 radical (unpaired) electrons. The van der Waals surface area contributed by atoms with Gasteiger partial charge >= 0.3 is 0 Å². The van der Waals surface area contributed by atoms with Gasteiger partial charge in [-0.3, -0.25) is 4.79 Å². The summed E-state index contributed by atoms with van der Waals surface area (Å²) in [6.45, 7) is 3.93. The summed E-state index contributed by atoms with van der Waals surface area (Å²) in [5.41, 5.74) is 14.4. The minimum atomic E-state index is -0.240. The van der Waals surface area contributed by atoms with Gasteiger partial charge in [-0.15, -0.1) is 11.3 Å². The van der Waals surface area contributed by atoms with Crippen LogP contribution in [0.2, 0.25) is 0 Å². The second-order valence-electron chi connectivity index (χ2n) is 6.03. The number of nitrogens with zero attached hydrogens (tertiary/aromatic N) is 2. The molecule has 0 aliphatic rings. The molecule has 5 N–H and O–H groups in total. The van der Waals surface area contributed by atoms with Crippen molar-refractivity contribution >= 4 is 39.0 Å². The van der Waals surface area contributed by atoms with Crippen LogP contribution in [0.4, 0.5) is 11.5 Å². The van der Waals surface area contributed by atoms with Crippen LogP contribution in [0.5, 0.6) is 0 Å². The number of pyridine rings is 1. The summed E-state index contributed by atoms with van der Waals surface area (Å²) in [6, 6.07) is 11.6. The summed E-state index contributed by atoms with van der Waals surface area (Å²) in [6.07, 6.45) is 0.815. The highest BCUT2D eigenvalue weighted by Gasteiger charge is 2.24. The Morgan fingerprint density at radius 1 is 1.35 bits per heavy atom. The summed E-state index contributed by atoms with van der Waals surface area (Å²) in [4.78, 5) is 17.8. The van der Waals surface area contributed by atoms with E-state index in [4.69, 9.17) is 11.5 Å². The lowest BCUT2D eigenvalue weighted by molar-refractivity contribution is 0.0944. The van der Waals surface area contributed by atoms with Crippen LogP contribution in [0.25, 0.3) is 21.3 Å². The molecule has 2 heterocycles. The first kappa shape index (κ1) is 17.7. The van der Waals surface area contributed by atoms with Gasteiger partial charge in [0.25, 0.3) is 5.91 Å². The molecule has 0 saturated heterocycles. The van der Waals surface area contributed by atoms with E-state index in [-0.39, 0.29) is 23.3 Å². The fraction of sp³-hybridized carbons (Fsp3) is 0.211. The van der Waals surface area contributed by atoms with Gasteiger partial charge in [0.05, 0.1) is 5.69 Å². The quantitative estimate of drug-likeness (QED) is 0.654. The van der Waals surface area contributed by atoms with Crippen molar-refractivity contribution < 1.29 is 4.79 Å². The largest absolute Gasteiger partial charge is 0.397 e. The molecule has 0 spiro atoms. The van der Waals surface area contributed by atoms with Gasteiger partial charge in [-0.2, -0.15) is 5.26 Å². The topological polar surface area (TPSA) is 118 Å². The first-order valence-corrected chi connectivity index (χ1v) is 9.07. The Balaban J connectivity index is 2.29. The van der Waals surface area contributed by atoms with Gasteiger partial charge < -0.3 is 16.8 Å². The molecule has 1 atom stereocenters. The van der Waals surface area contributed by atoms with Crippen LogP contribution in [-0.4, -0.2) is 16.9 Å². The minimum absolute atomic E-state index is 0.0356. The fourth-order valence-electron chi connectivity index (χ4n) is 2.74. The molecular weight excluding hydrogens is 346 g/mol. The van der Waals surface area contributed by atoms with Crippen molar-refractivity contribution in [1.29, 1.82) is 5.26 Å². The van der Waals surface area contributed by atoms with Crippen molar-refractivity contribution in [3.63, 3.8) is 0 Å². The monoisotopic (exact) mass is 365 g/mol. The molecule has 26 heavy (non-hydrogen) atoms. The molecule has 1 unspecified atom stereocenters. The second-order valence-corrected chi connectivity index (χ2v) is 7.03. The highest BCUT2D eigenvalue weighted by molar-refractivity contribution is 7.21. The first-order valence-electron chi connectivity index (χ1n) is 8.25. The third-order valence-corrected chi connectivity index (χ3v) is 5.37. The lowest BCUT2D eigenvalue weighted by Gasteiger charge is -2.11. The molecule has 3 rings (SSSR count). The number of anilines is 2. The van der Waals surface area contributed by atoms with Gasteiger partial charge in [0.2, 0.25) is 0 Å². The van der Waals surface area contributed by atoms with Crippen molar-refractivity contribution in [1.82, 2.24) is 10.3 Å². The maximum atomic E-state index is 12.6. The number of hydrogen-bond donors (Lipinski definition) is 3. The highest BCUT2D eigenvalue weighted by atomic mass is 32.1. The first-order chi connectivity index (χ1) is 12.5. The van der Waals surface area contributed by atoms with Crippen molar-refractivity contribution in [2.45, 2.75) is 26.3 Å². The van der Waals surface area contributed by atoms with E-state index in [1.165, 1.54) is 11.3 Å². The molecule has 1 amide bonds. The summed E-state index contributed by atoms with van der Waals surface area (Å²) in [5, 5.41) is 13.1. The summed E-state index contributed by atoms with van der Waals surface area (Å²) >= 11 is 1.19. The Morgan fingerprint density at radius 3 is 2.65 bits per heavy atom. The Kier molecular flexibility index (Phi) is 4.78. The van der Waals surface area contributed by atoms with E-state index in [2.05, 4.69) is 16.4 Å². The molecule has 3 aromatic rings. The van der Waals surface area contributed by atoms with E-state index in [1.54, 1.807) is 0 Å². The predicted octanol–water partition coefficient (Wildman–Crippen LogP) is 3.53. The Bertz CT molecular complexity index is 1020. The third-order valence-electron chi connectivity index (χ3n) is 4.28. The number of carbonyl (C=O) groups excluding carboxylic acids is 1. The Labute approximate surface area is 155 Å². The second kappa shape index (κ2) is 7.02. The molecule has 1 aromatic carbocycles. The zero-order chi connectivity index (χ0) is 18.8. The fourth-order valence-corrected chi connectivity index (χ4v) is 3.75. The van der Waals surface area contributed by atoms with E-state index >= 15 is 0 Å². The van der Waals surface area contributed by atoms with Crippen molar-refractivity contribution in [3.05, 3.63) is 40.8 Å². The van der Waals surface area contributed by atoms with E-state index in [9.17, 15) is 10.1 Å². The molecule has 2 aromatic heterocycles. The number of carbonyl (C=O) groups is 1. The van der Waals surface area contributed by atoms with Crippen molar-refractivity contribution in [2.75, 3.05) is 11.5 Å². The Morgan fingerprint density at radius 2 is 2.04 bits per heavy atom. The molecule has 7 heteroatoms. The number of nitrogens with one attached hydrogen (secondary N) is 1. The number of nitrogen functional groups attached to an aromatic ring is 2. The lowest BCUT2D eigenvalue weighted by atomic mass is 9.97. The van der Waals surface area contributed by atoms with Crippen LogP contribution in [0.3, 0.4) is 0 Å². The molecule has 0 aliphatic carbocycles. The SMILES string of the molecule is CCC(C)NC(=O)c1sc2nc(N)c(C#N)c(-c3ccccc3)c2c1N. The number of amides is 1. The predicted molar refractivity (Wildman–Crippen MR) is 106 cm³/mol. The molecule has 0 bridgehead atoms. The summed E-state index contributed by atoms with van der Waals surface area (Å²) in [7, 11) is 0. The highest BCUT2D eigenvalue weighted by Crippen LogP contribution is 2.42. The number of nitriles is 1. The summed E-state index contributed by atoms with van der Waals surface area (Å²) in [5.74, 6) is -0.107. The summed E-state index contributed by atoms with van der Waals surface area (Å²) < 4.78 is 0. The normalized spacial score (nSPS) is 11.9. The third kappa shape index (κ3) is 2.95. The average molecular weight is 365 g/mol. The van der Waals surface area contributed by atoms with Crippen LogP contribution in [0.15, 0.2) is 30.3 Å². The molecule has 0 fully saturated rings. The van der Waals surface area contributed by atoms with Crippen LogP contribution in [-0.2, 0) is 0 Å². The molecule has 0 aliphatic heterocycles. The zero-order valence-electron chi connectivity index (χ0n) is 14.5. The van der Waals surface area contributed by atoms with Crippen LogP contribution >= 0.6 is 11.3 Å². The van der Waals surface area contributed by atoms with Gasteiger partial charge in [-0.05, 0) is 18.9 Å². The number of hydrogen-bond acceptors (Lipinski definition) is 6. The maximum Gasteiger partial charge on any atom is 0.263 e. The Hall–Kier alpha value is -3.11. The van der Waals surface area contributed by atoms with Gasteiger partial charge in [-0.1, -0.05) is 37.3 Å². The van der Waals surface area contributed by atoms with Gasteiger partial charge in [-0.25, -0.2) is 4.98 Å². The van der Waals surface area contributed by atoms with E-state index in [0.29, 0.717) is 26.3 Å². The van der Waals surface area contributed by atoms with Crippen molar-refractivity contribution in [2.24, 2.45) is 0 Å².